The van der Waals surface area contributed by atoms with Gasteiger partial charge in [-0.25, -0.2) is 0 Å². The highest BCUT2D eigenvalue weighted by Crippen LogP contribution is 2.18. The molecule has 0 radical (unpaired) electrons. The topological polar surface area (TPSA) is 95.9 Å². The Bertz CT molecular complexity index is 1070. The third-order valence-electron chi connectivity index (χ3n) is 13.2. The van der Waals surface area contributed by atoms with E-state index < -0.39 is 18.2 Å². The quantitative estimate of drug-likeness (QED) is 0.0244. The molecule has 0 aliphatic carbocycles. The molecule has 0 aromatic rings. The van der Waals surface area contributed by atoms with E-state index in [1.807, 2.05) is 0 Å². The molecule has 0 saturated heterocycles. The molecule has 0 aliphatic rings. The van der Waals surface area contributed by atoms with E-state index in [9.17, 15) is 19.8 Å². The lowest BCUT2D eigenvalue weighted by Crippen LogP contribution is -2.46. The maximum Gasteiger partial charge on any atom is 0.306 e. The number of nitrogens with one attached hydrogen (secondary N) is 1. The summed E-state index contributed by atoms with van der Waals surface area (Å²) >= 11 is 0. The molecule has 0 rings (SSSR count). The van der Waals surface area contributed by atoms with Gasteiger partial charge in [-0.05, 0) is 77.0 Å². The number of rotatable bonds is 52. The largest absolute Gasteiger partial charge is 0.462 e. The molecule has 3 N–H and O–H groups in total. The molecule has 3 unspecified atom stereocenters. The van der Waals surface area contributed by atoms with Crippen LogP contribution in [0.2, 0.25) is 0 Å². The van der Waals surface area contributed by atoms with Crippen molar-refractivity contribution in [1.82, 2.24) is 5.32 Å². The van der Waals surface area contributed by atoms with Crippen molar-refractivity contribution in [3.8, 4) is 0 Å². The smallest absolute Gasteiger partial charge is 0.306 e. The van der Waals surface area contributed by atoms with Crippen LogP contribution in [0.15, 0.2) is 36.5 Å². The van der Waals surface area contributed by atoms with Crippen LogP contribution in [0.25, 0.3) is 0 Å². The monoisotopic (exact) mass is 914 g/mol. The first-order valence-electron chi connectivity index (χ1n) is 28.7. The van der Waals surface area contributed by atoms with Crippen LogP contribution in [0.5, 0.6) is 0 Å². The fourth-order valence-electron chi connectivity index (χ4n) is 8.83. The maximum absolute atomic E-state index is 13.3. The number of esters is 1. The van der Waals surface area contributed by atoms with Gasteiger partial charge in [0.05, 0.1) is 25.2 Å². The summed E-state index contributed by atoms with van der Waals surface area (Å²) in [7, 11) is 0. The fourth-order valence-corrected chi connectivity index (χ4v) is 8.83. The third kappa shape index (κ3) is 48.3. The van der Waals surface area contributed by atoms with Crippen molar-refractivity contribution >= 4 is 11.9 Å². The second-order valence-corrected chi connectivity index (χ2v) is 19.7. The second-order valence-electron chi connectivity index (χ2n) is 19.7. The van der Waals surface area contributed by atoms with Crippen molar-refractivity contribution in [3.05, 3.63) is 36.5 Å². The Balaban J connectivity index is 4.59. The van der Waals surface area contributed by atoms with Gasteiger partial charge < -0.3 is 20.3 Å². The zero-order chi connectivity index (χ0) is 47.4. The molecule has 0 aromatic carbocycles. The highest BCUT2D eigenvalue weighted by molar-refractivity contribution is 5.77. The highest BCUT2D eigenvalue weighted by Gasteiger charge is 2.24. The minimum Gasteiger partial charge on any atom is -0.462 e. The van der Waals surface area contributed by atoms with Crippen LogP contribution in [0, 0.1) is 0 Å². The molecule has 382 valence electrons. The van der Waals surface area contributed by atoms with Crippen LogP contribution in [0.4, 0.5) is 0 Å². The molecule has 0 aromatic heterocycles. The maximum atomic E-state index is 13.3. The Morgan fingerprint density at radius 2 is 0.785 bits per heavy atom. The van der Waals surface area contributed by atoms with Crippen molar-refractivity contribution in [2.24, 2.45) is 0 Å². The van der Waals surface area contributed by atoms with Gasteiger partial charge in [0.1, 0.15) is 6.10 Å². The predicted octanol–water partition coefficient (Wildman–Crippen LogP) is 17.6. The van der Waals surface area contributed by atoms with E-state index in [0.717, 1.165) is 77.0 Å². The van der Waals surface area contributed by atoms with Gasteiger partial charge >= 0.3 is 5.97 Å². The van der Waals surface area contributed by atoms with E-state index in [1.54, 1.807) is 0 Å². The zero-order valence-electron chi connectivity index (χ0n) is 43.6. The molecule has 1 amide bonds. The zero-order valence-corrected chi connectivity index (χ0v) is 43.6. The highest BCUT2D eigenvalue weighted by atomic mass is 16.5. The minimum absolute atomic E-state index is 0.0565. The van der Waals surface area contributed by atoms with Gasteiger partial charge in [-0.3, -0.25) is 9.59 Å². The van der Waals surface area contributed by atoms with Gasteiger partial charge in [0.15, 0.2) is 0 Å². The summed E-state index contributed by atoms with van der Waals surface area (Å²) in [5, 5.41) is 23.9. The molecule has 0 bridgehead atoms. The van der Waals surface area contributed by atoms with Crippen molar-refractivity contribution < 1.29 is 24.5 Å². The lowest BCUT2D eigenvalue weighted by atomic mass is 10.0. The summed E-state index contributed by atoms with van der Waals surface area (Å²) in [5.41, 5.74) is 0. The number of unbranched alkanes of at least 4 members (excludes halogenated alkanes) is 35. The Morgan fingerprint density at radius 3 is 1.20 bits per heavy atom. The van der Waals surface area contributed by atoms with Gasteiger partial charge in [-0.2, -0.15) is 0 Å². The first kappa shape index (κ1) is 63.1. The average Bonchev–Trinajstić information content (AvgIpc) is 3.30. The van der Waals surface area contributed by atoms with E-state index in [-0.39, 0.29) is 24.9 Å². The summed E-state index contributed by atoms with van der Waals surface area (Å²) in [6.45, 7) is 6.50. The summed E-state index contributed by atoms with van der Waals surface area (Å²) in [6.07, 6.45) is 63.5. The average molecular weight is 915 g/mol. The number of aliphatic hydroxyl groups is 2. The van der Waals surface area contributed by atoms with E-state index in [4.69, 9.17) is 4.74 Å². The SMILES string of the molecule is CCCCCCCCC/C=C\CCCCCC(=O)OC(CCCCC/C=C/C=C/CCCCCCCCC)CC(=O)NC(CO)C(O)CCCCCCCCCCCCCCCCCC. The summed E-state index contributed by atoms with van der Waals surface area (Å²) < 4.78 is 5.94. The van der Waals surface area contributed by atoms with Gasteiger partial charge in [0.2, 0.25) is 5.91 Å². The summed E-state index contributed by atoms with van der Waals surface area (Å²) in [5.74, 6) is -0.506. The summed E-state index contributed by atoms with van der Waals surface area (Å²) in [4.78, 5) is 26.2. The van der Waals surface area contributed by atoms with Gasteiger partial charge in [-0.15, -0.1) is 0 Å². The Kier molecular flexibility index (Phi) is 51.5. The molecule has 0 spiro atoms. The van der Waals surface area contributed by atoms with Crippen LogP contribution < -0.4 is 5.32 Å². The Labute approximate surface area is 404 Å². The number of hydrogen-bond donors (Lipinski definition) is 3. The molecule has 0 fully saturated rings. The fraction of sp³-hybridized carbons (Fsp3) is 0.864. The van der Waals surface area contributed by atoms with E-state index in [0.29, 0.717) is 19.3 Å². The standard InChI is InChI=1S/C59H111NO5/c1-4-7-10-13-16-19-22-25-28-30-32-35-38-41-44-47-50-55(65-59(64)52-49-46-43-40-37-34-27-24-21-18-15-12-9-6-3)53-58(63)60-56(54-61)57(62)51-48-45-42-39-36-33-31-29-26-23-20-17-14-11-8-5-2/h28,30,32,34-35,37,55-57,61-62H,4-27,29,31,33,36,38-54H2,1-3H3,(H,60,63)/b30-28+,35-32+,37-34-. The Morgan fingerprint density at radius 1 is 0.446 bits per heavy atom. The normalized spacial score (nSPS) is 13.4. The number of hydrogen-bond acceptors (Lipinski definition) is 5. The predicted molar refractivity (Wildman–Crippen MR) is 282 cm³/mol. The number of carbonyl (C=O) groups is 2. The first-order chi connectivity index (χ1) is 32.0. The molecular formula is C59H111NO5. The second kappa shape index (κ2) is 53.0. The molecule has 6 nitrogen and oxygen atoms in total. The van der Waals surface area contributed by atoms with Crippen molar-refractivity contribution in [2.75, 3.05) is 6.61 Å². The Hall–Kier alpha value is -1.92. The first-order valence-corrected chi connectivity index (χ1v) is 28.7. The number of carbonyl (C=O) groups excluding carboxylic acids is 2. The van der Waals surface area contributed by atoms with E-state index in [1.165, 1.54) is 180 Å². The number of aliphatic hydroxyl groups excluding tert-OH is 2. The van der Waals surface area contributed by atoms with Crippen LogP contribution in [0.3, 0.4) is 0 Å². The van der Waals surface area contributed by atoms with Crippen molar-refractivity contribution in [3.63, 3.8) is 0 Å². The summed E-state index contributed by atoms with van der Waals surface area (Å²) in [6, 6.07) is -0.712. The molecule has 0 heterocycles. The molecular weight excluding hydrogens is 803 g/mol. The van der Waals surface area contributed by atoms with E-state index >= 15 is 0 Å². The molecule has 3 atom stereocenters. The van der Waals surface area contributed by atoms with Crippen molar-refractivity contribution in [2.45, 2.75) is 322 Å². The van der Waals surface area contributed by atoms with Gasteiger partial charge in [0, 0.05) is 6.42 Å². The molecule has 0 aliphatic heterocycles. The number of allylic oxidation sites excluding steroid dienone is 6. The van der Waals surface area contributed by atoms with Crippen LogP contribution in [-0.2, 0) is 14.3 Å². The van der Waals surface area contributed by atoms with Crippen LogP contribution >= 0.6 is 0 Å². The van der Waals surface area contributed by atoms with Crippen LogP contribution in [0.1, 0.15) is 303 Å². The lowest BCUT2D eigenvalue weighted by Gasteiger charge is -2.24. The van der Waals surface area contributed by atoms with E-state index in [2.05, 4.69) is 62.5 Å². The number of amides is 1. The molecule has 0 saturated carbocycles. The third-order valence-corrected chi connectivity index (χ3v) is 13.2. The lowest BCUT2D eigenvalue weighted by molar-refractivity contribution is -0.151. The van der Waals surface area contributed by atoms with Gasteiger partial charge in [-0.1, -0.05) is 250 Å². The molecule has 6 heteroatoms. The van der Waals surface area contributed by atoms with Gasteiger partial charge in [0.25, 0.3) is 0 Å². The van der Waals surface area contributed by atoms with Crippen molar-refractivity contribution in [1.29, 1.82) is 0 Å². The number of ether oxygens (including phenoxy) is 1. The minimum atomic E-state index is -0.796. The molecule has 65 heavy (non-hydrogen) atoms. The van der Waals surface area contributed by atoms with Crippen LogP contribution in [-0.4, -0.2) is 46.9 Å².